The van der Waals surface area contributed by atoms with Crippen molar-refractivity contribution in [3.63, 3.8) is 0 Å². The lowest BCUT2D eigenvalue weighted by Crippen LogP contribution is -2.31. The molecule has 1 unspecified atom stereocenters. The summed E-state index contributed by atoms with van der Waals surface area (Å²) < 4.78 is 11.1. The fraction of sp³-hybridized carbons (Fsp3) is 0.350. The van der Waals surface area contributed by atoms with E-state index in [-0.39, 0.29) is 12.2 Å². The van der Waals surface area contributed by atoms with Crippen LogP contribution in [-0.2, 0) is 9.47 Å². The number of carbonyl (C=O) groups excluding carboxylic acids is 1. The fourth-order valence-electron chi connectivity index (χ4n) is 2.51. The van der Waals surface area contributed by atoms with Crippen molar-refractivity contribution in [1.82, 2.24) is 4.90 Å². The highest BCUT2D eigenvalue weighted by Crippen LogP contribution is 2.28. The third-order valence-corrected chi connectivity index (χ3v) is 3.86. The molecule has 0 radical (unpaired) electrons. The van der Waals surface area contributed by atoms with E-state index in [1.54, 1.807) is 14.0 Å². The molecular weight excluding hydrogens is 302 g/mol. The Labute approximate surface area is 144 Å². The van der Waals surface area contributed by atoms with Crippen LogP contribution in [0.5, 0.6) is 0 Å². The van der Waals surface area contributed by atoms with E-state index < -0.39 is 0 Å². The number of carbonyl (C=O) groups is 1. The first-order valence-corrected chi connectivity index (χ1v) is 8.23. The standard InChI is InChI=1S/C20H25NO3/c1-4-23-20(22)21(3)14-15-24-19(17-11-6-5-7-12-17)18-13-9-8-10-16(18)2/h5-13,19H,4,14-15H2,1-3H3. The highest BCUT2D eigenvalue weighted by molar-refractivity contribution is 5.67. The van der Waals surface area contributed by atoms with Gasteiger partial charge >= 0.3 is 6.09 Å². The highest BCUT2D eigenvalue weighted by atomic mass is 16.6. The number of rotatable bonds is 7. The first-order valence-electron chi connectivity index (χ1n) is 8.23. The fourth-order valence-corrected chi connectivity index (χ4v) is 2.51. The smallest absolute Gasteiger partial charge is 0.409 e. The summed E-state index contributed by atoms with van der Waals surface area (Å²) in [4.78, 5) is 13.2. The molecular formula is C20H25NO3. The van der Waals surface area contributed by atoms with Crippen molar-refractivity contribution in [2.75, 3.05) is 26.8 Å². The molecule has 1 atom stereocenters. The molecule has 24 heavy (non-hydrogen) atoms. The molecule has 0 N–H and O–H groups in total. The summed E-state index contributed by atoms with van der Waals surface area (Å²) in [6.07, 6.45) is -0.476. The van der Waals surface area contributed by atoms with Gasteiger partial charge in [0.2, 0.25) is 0 Å². The lowest BCUT2D eigenvalue weighted by Gasteiger charge is -2.23. The summed E-state index contributed by atoms with van der Waals surface area (Å²) in [5.41, 5.74) is 3.43. The Balaban J connectivity index is 2.08. The van der Waals surface area contributed by atoms with Gasteiger partial charge in [0.05, 0.1) is 13.2 Å². The molecule has 0 heterocycles. The van der Waals surface area contributed by atoms with Crippen LogP contribution in [0, 0.1) is 6.92 Å². The van der Waals surface area contributed by atoms with Gasteiger partial charge in [0.15, 0.2) is 0 Å². The lowest BCUT2D eigenvalue weighted by molar-refractivity contribution is 0.0569. The van der Waals surface area contributed by atoms with Gasteiger partial charge in [0.1, 0.15) is 6.10 Å². The van der Waals surface area contributed by atoms with Crippen molar-refractivity contribution < 1.29 is 14.3 Å². The monoisotopic (exact) mass is 327 g/mol. The summed E-state index contributed by atoms with van der Waals surface area (Å²) in [6, 6.07) is 18.3. The first-order chi connectivity index (χ1) is 11.6. The second-order valence-electron chi connectivity index (χ2n) is 5.64. The lowest BCUT2D eigenvalue weighted by atomic mass is 9.97. The van der Waals surface area contributed by atoms with Gasteiger partial charge in [-0.15, -0.1) is 0 Å². The quantitative estimate of drug-likeness (QED) is 0.765. The van der Waals surface area contributed by atoms with Gasteiger partial charge in [-0.1, -0.05) is 54.6 Å². The predicted molar refractivity (Wildman–Crippen MR) is 95.1 cm³/mol. The van der Waals surface area contributed by atoms with Crippen LogP contribution >= 0.6 is 0 Å². The zero-order valence-corrected chi connectivity index (χ0v) is 14.6. The third-order valence-electron chi connectivity index (χ3n) is 3.86. The summed E-state index contributed by atoms with van der Waals surface area (Å²) in [6.45, 7) is 5.17. The maximum Gasteiger partial charge on any atom is 0.409 e. The minimum atomic E-state index is -0.326. The Kier molecular flexibility index (Phi) is 6.82. The molecule has 128 valence electrons. The Morgan fingerprint density at radius 1 is 1.08 bits per heavy atom. The van der Waals surface area contributed by atoms with Gasteiger partial charge in [0, 0.05) is 13.6 Å². The van der Waals surface area contributed by atoms with Crippen molar-refractivity contribution in [2.24, 2.45) is 0 Å². The zero-order chi connectivity index (χ0) is 17.4. The number of hydrogen-bond acceptors (Lipinski definition) is 3. The molecule has 0 spiro atoms. The molecule has 1 amide bonds. The highest BCUT2D eigenvalue weighted by Gasteiger charge is 2.17. The first kappa shape index (κ1) is 18.0. The number of hydrogen-bond donors (Lipinski definition) is 0. The summed E-state index contributed by atoms with van der Waals surface area (Å²) >= 11 is 0. The van der Waals surface area contributed by atoms with E-state index in [1.165, 1.54) is 10.5 Å². The molecule has 0 aliphatic carbocycles. The Morgan fingerprint density at radius 3 is 2.42 bits per heavy atom. The minimum Gasteiger partial charge on any atom is -0.450 e. The van der Waals surface area contributed by atoms with Crippen molar-refractivity contribution in [2.45, 2.75) is 20.0 Å². The molecule has 4 nitrogen and oxygen atoms in total. The van der Waals surface area contributed by atoms with Gasteiger partial charge in [-0.3, -0.25) is 0 Å². The molecule has 0 saturated heterocycles. The van der Waals surface area contributed by atoms with E-state index in [0.717, 1.165) is 11.1 Å². The van der Waals surface area contributed by atoms with E-state index in [0.29, 0.717) is 19.8 Å². The molecule has 2 aromatic carbocycles. The van der Waals surface area contributed by atoms with Gasteiger partial charge in [-0.25, -0.2) is 4.79 Å². The molecule has 0 fully saturated rings. The van der Waals surface area contributed by atoms with Crippen LogP contribution in [0.1, 0.15) is 29.7 Å². The van der Waals surface area contributed by atoms with Crippen LogP contribution in [-0.4, -0.2) is 37.8 Å². The van der Waals surface area contributed by atoms with Crippen LogP contribution in [0.3, 0.4) is 0 Å². The Bertz CT molecular complexity index is 642. The maximum absolute atomic E-state index is 11.7. The van der Waals surface area contributed by atoms with Gasteiger partial charge < -0.3 is 14.4 Å². The van der Waals surface area contributed by atoms with E-state index in [2.05, 4.69) is 31.2 Å². The zero-order valence-electron chi connectivity index (χ0n) is 14.6. The van der Waals surface area contributed by atoms with Crippen molar-refractivity contribution in [1.29, 1.82) is 0 Å². The molecule has 0 aliphatic heterocycles. The third kappa shape index (κ3) is 4.83. The van der Waals surface area contributed by atoms with Crippen LogP contribution in [0.15, 0.2) is 54.6 Å². The van der Waals surface area contributed by atoms with Crippen LogP contribution < -0.4 is 0 Å². The average molecular weight is 327 g/mol. The number of nitrogens with zero attached hydrogens (tertiary/aromatic N) is 1. The van der Waals surface area contributed by atoms with Gasteiger partial charge in [0.25, 0.3) is 0 Å². The second kappa shape index (κ2) is 9.08. The Morgan fingerprint density at radius 2 is 1.75 bits per heavy atom. The van der Waals surface area contributed by atoms with E-state index in [4.69, 9.17) is 9.47 Å². The molecule has 4 heteroatoms. The van der Waals surface area contributed by atoms with E-state index >= 15 is 0 Å². The summed E-state index contributed by atoms with van der Waals surface area (Å²) in [5, 5.41) is 0. The van der Waals surface area contributed by atoms with Gasteiger partial charge in [-0.05, 0) is 30.5 Å². The van der Waals surface area contributed by atoms with Crippen molar-refractivity contribution >= 4 is 6.09 Å². The minimum absolute atomic E-state index is 0.150. The molecule has 0 aromatic heterocycles. The molecule has 2 rings (SSSR count). The average Bonchev–Trinajstić information content (AvgIpc) is 2.60. The number of benzene rings is 2. The predicted octanol–water partition coefficient (Wildman–Crippen LogP) is 4.19. The molecule has 0 aliphatic rings. The number of likely N-dealkylation sites (N-methyl/N-ethyl adjacent to an activating group) is 1. The largest absolute Gasteiger partial charge is 0.450 e. The summed E-state index contributed by atoms with van der Waals surface area (Å²) in [7, 11) is 1.71. The summed E-state index contributed by atoms with van der Waals surface area (Å²) in [5.74, 6) is 0. The number of aryl methyl sites for hydroxylation is 1. The topological polar surface area (TPSA) is 38.8 Å². The SMILES string of the molecule is CCOC(=O)N(C)CCOC(c1ccccc1)c1ccccc1C. The van der Waals surface area contributed by atoms with E-state index in [9.17, 15) is 4.79 Å². The molecule has 2 aromatic rings. The van der Waals surface area contributed by atoms with E-state index in [1.807, 2.05) is 30.3 Å². The Hall–Kier alpha value is -2.33. The van der Waals surface area contributed by atoms with Crippen LogP contribution in [0.4, 0.5) is 4.79 Å². The number of ether oxygens (including phenoxy) is 2. The normalized spacial score (nSPS) is 11.8. The van der Waals surface area contributed by atoms with Gasteiger partial charge in [-0.2, -0.15) is 0 Å². The molecule has 0 bridgehead atoms. The van der Waals surface area contributed by atoms with Crippen LogP contribution in [0.2, 0.25) is 0 Å². The molecule has 0 saturated carbocycles. The second-order valence-corrected chi connectivity index (χ2v) is 5.64. The van der Waals surface area contributed by atoms with Crippen molar-refractivity contribution in [3.05, 3.63) is 71.3 Å². The maximum atomic E-state index is 11.7. The van der Waals surface area contributed by atoms with Crippen LogP contribution in [0.25, 0.3) is 0 Å². The number of amides is 1. The van der Waals surface area contributed by atoms with Crippen molar-refractivity contribution in [3.8, 4) is 0 Å².